The highest BCUT2D eigenvalue weighted by atomic mass is 14.1. The van der Waals surface area contributed by atoms with Crippen LogP contribution in [0.1, 0.15) is 11.1 Å². The van der Waals surface area contributed by atoms with Crippen LogP contribution >= 0.6 is 0 Å². The number of rotatable bonds is 0. The van der Waals surface area contributed by atoms with Gasteiger partial charge in [0.15, 0.2) is 0 Å². The molecule has 0 aliphatic rings. The van der Waals surface area contributed by atoms with Crippen LogP contribution in [-0.4, -0.2) is 0 Å². The van der Waals surface area contributed by atoms with Gasteiger partial charge in [-0.05, 0) is 57.0 Å². The third kappa shape index (κ3) is 1.39. The van der Waals surface area contributed by atoms with Crippen LogP contribution in [0.25, 0.3) is 34.7 Å². The summed E-state index contributed by atoms with van der Waals surface area (Å²) in [6.45, 7) is 12.7. The molecular weight excluding hydrogens is 216 g/mol. The van der Waals surface area contributed by atoms with Gasteiger partial charge in [0.2, 0.25) is 0 Å². The molecule has 0 N–H and O–H groups in total. The Labute approximate surface area is 107 Å². The molecule has 0 spiro atoms. The van der Waals surface area contributed by atoms with E-state index in [1.807, 2.05) is 0 Å². The first-order chi connectivity index (χ1) is 8.59. The first-order valence-corrected chi connectivity index (χ1v) is 6.19. The molecule has 0 fully saturated rings. The average molecular weight is 232 g/mol. The van der Waals surface area contributed by atoms with Gasteiger partial charge in [0.05, 0.1) is 0 Å². The number of hydrogen-bond donors (Lipinski definition) is 0. The highest BCUT2D eigenvalue weighted by Crippen LogP contribution is 2.22. The lowest BCUT2D eigenvalue weighted by Gasteiger charge is -2.09. The van der Waals surface area contributed by atoms with E-state index in [9.17, 15) is 0 Å². The van der Waals surface area contributed by atoms with E-state index in [0.29, 0.717) is 0 Å². The molecule has 0 bridgehead atoms. The molecule has 0 nitrogen and oxygen atoms in total. The normalized spacial score (nSPS) is 11.2. The number of fused-ring (bicyclic) bond motifs is 3. The van der Waals surface area contributed by atoms with Gasteiger partial charge < -0.3 is 0 Å². The molecular formula is C18H16. The minimum Gasteiger partial charge on any atom is -0.0911 e. The highest BCUT2D eigenvalue weighted by Gasteiger charge is 2.05. The summed E-state index contributed by atoms with van der Waals surface area (Å²) >= 11 is 0. The van der Waals surface area contributed by atoms with Crippen molar-refractivity contribution < 1.29 is 0 Å². The van der Waals surface area contributed by atoms with E-state index in [1.54, 1.807) is 0 Å². The van der Waals surface area contributed by atoms with Crippen molar-refractivity contribution in [3.8, 4) is 0 Å². The van der Waals surface area contributed by atoms with Crippen molar-refractivity contribution in [2.45, 2.75) is 13.8 Å². The van der Waals surface area contributed by atoms with Crippen LogP contribution in [0.15, 0.2) is 36.4 Å². The van der Waals surface area contributed by atoms with Crippen molar-refractivity contribution in [3.63, 3.8) is 0 Å². The third-order valence-electron chi connectivity index (χ3n) is 3.81. The molecule has 0 heterocycles. The quantitative estimate of drug-likeness (QED) is 0.521. The Bertz CT molecular complexity index is 870. The second kappa shape index (κ2) is 3.71. The lowest BCUT2D eigenvalue weighted by atomic mass is 9.95. The van der Waals surface area contributed by atoms with Gasteiger partial charge in [0, 0.05) is 0 Å². The SMILES string of the molecule is C=c1c(C)ccc2ccc3c(C)ccc(=C)c3c12. The minimum absolute atomic E-state index is 1.08. The summed E-state index contributed by atoms with van der Waals surface area (Å²) in [5, 5.41) is 7.23. The second-order valence-electron chi connectivity index (χ2n) is 4.99. The Morgan fingerprint density at radius 2 is 1.39 bits per heavy atom. The van der Waals surface area contributed by atoms with E-state index in [-0.39, 0.29) is 0 Å². The van der Waals surface area contributed by atoms with Crippen molar-refractivity contribution in [3.05, 3.63) is 58.0 Å². The summed E-state index contributed by atoms with van der Waals surface area (Å²) in [5.74, 6) is 0. The topological polar surface area (TPSA) is 0 Å². The largest absolute Gasteiger partial charge is 0.0911 e. The Kier molecular flexibility index (Phi) is 2.27. The lowest BCUT2D eigenvalue weighted by molar-refractivity contribution is 1.46. The first kappa shape index (κ1) is 11.0. The van der Waals surface area contributed by atoms with Crippen LogP contribution in [0.3, 0.4) is 0 Å². The van der Waals surface area contributed by atoms with Crippen molar-refractivity contribution in [1.82, 2.24) is 0 Å². The molecule has 0 amide bonds. The minimum atomic E-state index is 1.08. The molecule has 18 heavy (non-hydrogen) atoms. The predicted molar refractivity (Wildman–Crippen MR) is 81.2 cm³/mol. The summed E-state index contributed by atoms with van der Waals surface area (Å²) in [7, 11) is 0. The summed E-state index contributed by atoms with van der Waals surface area (Å²) in [4.78, 5) is 0. The fourth-order valence-corrected chi connectivity index (χ4v) is 2.66. The van der Waals surface area contributed by atoms with Gasteiger partial charge in [-0.15, -0.1) is 0 Å². The van der Waals surface area contributed by atoms with E-state index >= 15 is 0 Å². The molecule has 0 aromatic heterocycles. The fourth-order valence-electron chi connectivity index (χ4n) is 2.66. The molecule has 0 radical (unpaired) electrons. The zero-order valence-electron chi connectivity index (χ0n) is 10.9. The van der Waals surface area contributed by atoms with Crippen LogP contribution in [0.4, 0.5) is 0 Å². The Morgan fingerprint density at radius 1 is 0.722 bits per heavy atom. The van der Waals surface area contributed by atoms with Crippen molar-refractivity contribution in [2.24, 2.45) is 0 Å². The summed E-state index contributed by atoms with van der Waals surface area (Å²) in [6, 6.07) is 12.9. The van der Waals surface area contributed by atoms with E-state index in [1.165, 1.54) is 32.7 Å². The molecule has 88 valence electrons. The maximum absolute atomic E-state index is 4.24. The highest BCUT2D eigenvalue weighted by molar-refractivity contribution is 6.09. The van der Waals surface area contributed by atoms with E-state index in [0.717, 1.165) is 10.4 Å². The van der Waals surface area contributed by atoms with Crippen LogP contribution in [0, 0.1) is 13.8 Å². The third-order valence-corrected chi connectivity index (χ3v) is 3.81. The van der Waals surface area contributed by atoms with E-state index in [4.69, 9.17) is 0 Å². The molecule has 0 heteroatoms. The smallest absolute Gasteiger partial charge is 0.00302 e. The van der Waals surface area contributed by atoms with Crippen molar-refractivity contribution >= 4 is 34.7 Å². The summed E-state index contributed by atoms with van der Waals surface area (Å²) in [6.07, 6.45) is 0. The number of aryl methyl sites for hydroxylation is 2. The summed E-state index contributed by atoms with van der Waals surface area (Å²) < 4.78 is 0. The van der Waals surface area contributed by atoms with E-state index in [2.05, 4.69) is 63.4 Å². The van der Waals surface area contributed by atoms with Crippen LogP contribution in [0.2, 0.25) is 0 Å². The maximum atomic E-state index is 4.24. The zero-order valence-corrected chi connectivity index (χ0v) is 10.9. The second-order valence-corrected chi connectivity index (χ2v) is 4.99. The molecule has 0 saturated heterocycles. The fraction of sp³-hybridized carbons (Fsp3) is 0.111. The summed E-state index contributed by atoms with van der Waals surface area (Å²) in [5.41, 5.74) is 2.52. The molecule has 3 rings (SSSR count). The van der Waals surface area contributed by atoms with Crippen LogP contribution < -0.4 is 10.4 Å². The Morgan fingerprint density at radius 3 is 2.17 bits per heavy atom. The van der Waals surface area contributed by atoms with Gasteiger partial charge in [0.1, 0.15) is 0 Å². The molecule has 3 aromatic rings. The molecule has 0 aliphatic carbocycles. The van der Waals surface area contributed by atoms with Crippen LogP contribution in [-0.2, 0) is 0 Å². The van der Waals surface area contributed by atoms with Gasteiger partial charge in [-0.1, -0.05) is 49.6 Å². The van der Waals surface area contributed by atoms with Crippen molar-refractivity contribution in [1.29, 1.82) is 0 Å². The van der Waals surface area contributed by atoms with Gasteiger partial charge >= 0.3 is 0 Å². The predicted octanol–water partition coefficient (Wildman–Crippen LogP) is 3.43. The van der Waals surface area contributed by atoms with Gasteiger partial charge in [-0.2, -0.15) is 0 Å². The lowest BCUT2D eigenvalue weighted by Crippen LogP contribution is -2.09. The van der Waals surface area contributed by atoms with Crippen LogP contribution in [0.5, 0.6) is 0 Å². The molecule has 3 aromatic carbocycles. The zero-order chi connectivity index (χ0) is 12.9. The van der Waals surface area contributed by atoms with Gasteiger partial charge in [0.25, 0.3) is 0 Å². The van der Waals surface area contributed by atoms with Crippen molar-refractivity contribution in [2.75, 3.05) is 0 Å². The van der Waals surface area contributed by atoms with Gasteiger partial charge in [-0.3, -0.25) is 0 Å². The molecule has 0 unspecified atom stereocenters. The molecule has 0 saturated carbocycles. The maximum Gasteiger partial charge on any atom is -0.00302 e. The number of benzene rings is 3. The Balaban J connectivity index is 2.78. The standard InChI is InChI=1S/C18H16/c1-11-7-8-15-9-10-16-12(2)5-6-13(3)17(16)18(15)14(11)4/h5-10H,3-4H2,1-2H3. The molecule has 0 aliphatic heterocycles. The number of hydrogen-bond acceptors (Lipinski definition) is 0. The van der Waals surface area contributed by atoms with E-state index < -0.39 is 0 Å². The first-order valence-electron chi connectivity index (χ1n) is 6.19. The average Bonchev–Trinajstić information content (AvgIpc) is 2.37. The Hall–Kier alpha value is -2.08. The van der Waals surface area contributed by atoms with Gasteiger partial charge in [-0.25, -0.2) is 0 Å². The monoisotopic (exact) mass is 232 g/mol. The molecule has 0 atom stereocenters.